The molecule has 170 valence electrons. The number of halogens is 2. The van der Waals surface area contributed by atoms with Crippen LogP contribution in [0.15, 0.2) is 36.7 Å². The van der Waals surface area contributed by atoms with Gasteiger partial charge in [0.1, 0.15) is 17.5 Å². The summed E-state index contributed by atoms with van der Waals surface area (Å²) in [4.78, 5) is 29.7. The summed E-state index contributed by atoms with van der Waals surface area (Å²) in [7, 11) is 3.02. The summed E-state index contributed by atoms with van der Waals surface area (Å²) in [5.41, 5.74) is 1.01. The number of amides is 2. The lowest BCUT2D eigenvalue weighted by Crippen LogP contribution is -2.43. The van der Waals surface area contributed by atoms with Gasteiger partial charge in [0.05, 0.1) is 50.1 Å². The predicted molar refractivity (Wildman–Crippen MR) is 113 cm³/mol. The van der Waals surface area contributed by atoms with Gasteiger partial charge in [-0.2, -0.15) is 5.26 Å². The lowest BCUT2D eigenvalue weighted by molar-refractivity contribution is -0.131. The summed E-state index contributed by atoms with van der Waals surface area (Å²) in [6, 6.07) is 6.98. The average molecular weight is 454 g/mol. The van der Waals surface area contributed by atoms with Crippen molar-refractivity contribution in [3.63, 3.8) is 0 Å². The molecule has 0 radical (unpaired) electrons. The number of nitrogens with one attached hydrogen (secondary N) is 1. The number of carbonyl (C=O) groups excluding carboxylic acids is 2. The SMILES string of the molecule is COc1ccc(C#Cc2cnccc2C(=O)NCC(=O)N2CC(F)(F)C[C@H]2C#N)c(OC)c1. The van der Waals surface area contributed by atoms with E-state index in [1.165, 1.54) is 32.7 Å². The standard InChI is InChI=1S/C23H20F2N4O4/c1-32-18-6-5-15(20(9-18)33-2)3-4-16-12-27-8-7-19(16)22(31)28-13-21(30)29-14-23(24,25)10-17(29)11-26/h5-9,12,17H,10,13-14H2,1-2H3,(H,28,31)/t17-/m0/s1. The van der Waals surface area contributed by atoms with Crippen molar-refractivity contribution < 1.29 is 27.8 Å². The van der Waals surface area contributed by atoms with Gasteiger partial charge in [-0.3, -0.25) is 14.6 Å². The monoisotopic (exact) mass is 454 g/mol. The second-order valence-electron chi connectivity index (χ2n) is 7.15. The fourth-order valence-corrected chi connectivity index (χ4v) is 3.28. The maximum absolute atomic E-state index is 13.6. The van der Waals surface area contributed by atoms with Gasteiger partial charge < -0.3 is 19.7 Å². The largest absolute Gasteiger partial charge is 0.497 e. The summed E-state index contributed by atoms with van der Waals surface area (Å²) in [6.07, 6.45) is 2.07. The minimum absolute atomic E-state index is 0.154. The highest BCUT2D eigenvalue weighted by atomic mass is 19.3. The van der Waals surface area contributed by atoms with E-state index in [9.17, 15) is 18.4 Å². The van der Waals surface area contributed by atoms with Crippen molar-refractivity contribution in [1.82, 2.24) is 15.2 Å². The molecule has 2 amide bonds. The Morgan fingerprint density at radius 1 is 1.24 bits per heavy atom. The zero-order valence-electron chi connectivity index (χ0n) is 17.9. The molecular formula is C23H20F2N4O4. The number of carbonyl (C=O) groups is 2. The fourth-order valence-electron chi connectivity index (χ4n) is 3.28. The number of methoxy groups -OCH3 is 2. The minimum atomic E-state index is -3.13. The van der Waals surface area contributed by atoms with Gasteiger partial charge in [-0.1, -0.05) is 11.8 Å². The van der Waals surface area contributed by atoms with E-state index in [0.29, 0.717) is 22.6 Å². The van der Waals surface area contributed by atoms with Crippen molar-refractivity contribution in [2.24, 2.45) is 0 Å². The van der Waals surface area contributed by atoms with Crippen molar-refractivity contribution in [2.45, 2.75) is 18.4 Å². The second kappa shape index (κ2) is 9.96. The Hall–Kier alpha value is -4.18. The number of benzene rings is 1. The summed E-state index contributed by atoms with van der Waals surface area (Å²) in [5, 5.41) is 11.4. The summed E-state index contributed by atoms with van der Waals surface area (Å²) in [6.45, 7) is -1.38. The van der Waals surface area contributed by atoms with Gasteiger partial charge in [0.15, 0.2) is 0 Å². The van der Waals surface area contributed by atoms with Crippen LogP contribution in [-0.4, -0.2) is 61.0 Å². The zero-order valence-corrected chi connectivity index (χ0v) is 17.9. The van der Waals surface area contributed by atoms with Gasteiger partial charge in [0, 0.05) is 24.9 Å². The molecule has 1 aliphatic rings. The minimum Gasteiger partial charge on any atom is -0.497 e. The van der Waals surface area contributed by atoms with Crippen LogP contribution in [0.25, 0.3) is 0 Å². The van der Waals surface area contributed by atoms with Crippen LogP contribution >= 0.6 is 0 Å². The predicted octanol–water partition coefficient (Wildman–Crippen LogP) is 1.99. The van der Waals surface area contributed by atoms with E-state index >= 15 is 0 Å². The molecule has 1 aliphatic heterocycles. The van der Waals surface area contributed by atoms with Crippen LogP contribution in [0.1, 0.15) is 27.9 Å². The first kappa shape index (κ1) is 23.5. The molecule has 1 saturated heterocycles. The lowest BCUT2D eigenvalue weighted by atomic mass is 10.1. The van der Waals surface area contributed by atoms with Crippen molar-refractivity contribution in [1.29, 1.82) is 5.26 Å². The van der Waals surface area contributed by atoms with Crippen LogP contribution in [0.4, 0.5) is 8.78 Å². The van der Waals surface area contributed by atoms with E-state index in [4.69, 9.17) is 14.7 Å². The maximum atomic E-state index is 13.6. The molecule has 2 heterocycles. The topological polar surface area (TPSA) is 105 Å². The molecule has 1 aromatic heterocycles. The van der Waals surface area contributed by atoms with E-state index in [1.807, 2.05) is 0 Å². The molecule has 1 fully saturated rings. The number of alkyl halides is 2. The third-order valence-corrected chi connectivity index (χ3v) is 4.95. The fraction of sp³-hybridized carbons (Fsp3) is 0.304. The lowest BCUT2D eigenvalue weighted by Gasteiger charge is -2.19. The molecule has 33 heavy (non-hydrogen) atoms. The molecule has 3 rings (SSSR count). The van der Waals surface area contributed by atoms with E-state index in [1.54, 1.807) is 24.3 Å². The molecule has 0 unspecified atom stereocenters. The second-order valence-corrected chi connectivity index (χ2v) is 7.15. The van der Waals surface area contributed by atoms with Gasteiger partial charge in [0.2, 0.25) is 5.91 Å². The normalized spacial score (nSPS) is 16.2. The van der Waals surface area contributed by atoms with Crippen molar-refractivity contribution in [3.05, 3.63) is 53.3 Å². The maximum Gasteiger partial charge on any atom is 0.268 e. The number of aromatic nitrogens is 1. The number of nitriles is 1. The van der Waals surface area contributed by atoms with Gasteiger partial charge in [-0.05, 0) is 18.2 Å². The number of rotatable bonds is 5. The average Bonchev–Trinajstić information content (AvgIpc) is 3.15. The zero-order chi connectivity index (χ0) is 24.0. The Balaban J connectivity index is 1.74. The third-order valence-electron chi connectivity index (χ3n) is 4.95. The highest BCUT2D eigenvalue weighted by Crippen LogP contribution is 2.31. The number of likely N-dealkylation sites (tertiary alicyclic amines) is 1. The molecule has 10 heteroatoms. The third kappa shape index (κ3) is 5.55. The number of hydrogen-bond donors (Lipinski definition) is 1. The van der Waals surface area contributed by atoms with E-state index in [-0.39, 0.29) is 5.56 Å². The molecule has 0 spiro atoms. The Bertz CT molecular complexity index is 1170. The number of ether oxygens (including phenoxy) is 2. The van der Waals surface area contributed by atoms with Crippen LogP contribution in [0.3, 0.4) is 0 Å². The number of nitrogens with zero attached hydrogens (tertiary/aromatic N) is 3. The van der Waals surface area contributed by atoms with E-state index in [2.05, 4.69) is 22.1 Å². The highest BCUT2D eigenvalue weighted by molar-refractivity contribution is 5.98. The van der Waals surface area contributed by atoms with Crippen LogP contribution in [-0.2, 0) is 4.79 Å². The summed E-state index contributed by atoms with van der Waals surface area (Å²) in [5.74, 6) is 2.33. The molecule has 1 N–H and O–H groups in total. The molecule has 0 saturated carbocycles. The number of hydrogen-bond acceptors (Lipinski definition) is 6. The van der Waals surface area contributed by atoms with Crippen LogP contribution in [0.5, 0.6) is 11.5 Å². The Morgan fingerprint density at radius 3 is 2.70 bits per heavy atom. The molecule has 1 atom stereocenters. The van der Waals surface area contributed by atoms with Gasteiger partial charge >= 0.3 is 0 Å². The smallest absolute Gasteiger partial charge is 0.268 e. The molecular weight excluding hydrogens is 434 g/mol. The molecule has 2 aromatic rings. The van der Waals surface area contributed by atoms with Gasteiger partial charge in [-0.25, -0.2) is 8.78 Å². The first-order valence-electron chi connectivity index (χ1n) is 9.81. The van der Waals surface area contributed by atoms with Crippen LogP contribution in [0, 0.1) is 23.2 Å². The van der Waals surface area contributed by atoms with Crippen molar-refractivity contribution in [2.75, 3.05) is 27.3 Å². The number of pyridine rings is 1. The molecule has 0 aliphatic carbocycles. The summed E-state index contributed by atoms with van der Waals surface area (Å²) >= 11 is 0. The quantitative estimate of drug-likeness (QED) is 0.693. The summed E-state index contributed by atoms with van der Waals surface area (Å²) < 4.78 is 37.6. The Kier molecular flexibility index (Phi) is 7.09. The van der Waals surface area contributed by atoms with Gasteiger partial charge in [0.25, 0.3) is 11.8 Å². The van der Waals surface area contributed by atoms with Crippen LogP contribution in [0.2, 0.25) is 0 Å². The van der Waals surface area contributed by atoms with Crippen molar-refractivity contribution in [3.8, 4) is 29.4 Å². The Labute approximate surface area is 189 Å². The van der Waals surface area contributed by atoms with Gasteiger partial charge in [-0.15, -0.1) is 0 Å². The first-order chi connectivity index (χ1) is 15.8. The molecule has 1 aromatic carbocycles. The van der Waals surface area contributed by atoms with Crippen molar-refractivity contribution >= 4 is 11.8 Å². The van der Waals surface area contributed by atoms with E-state index in [0.717, 1.165) is 4.90 Å². The first-order valence-corrected chi connectivity index (χ1v) is 9.81. The van der Waals surface area contributed by atoms with Crippen LogP contribution < -0.4 is 14.8 Å². The molecule has 8 nitrogen and oxygen atoms in total. The highest BCUT2D eigenvalue weighted by Gasteiger charge is 2.47. The van der Waals surface area contributed by atoms with E-state index < -0.39 is 43.3 Å². The molecule has 0 bridgehead atoms. The Morgan fingerprint density at radius 2 is 2.00 bits per heavy atom.